The molecule has 6 aliphatic heterocycles. The molecule has 13 N–H and O–H groups in total. The molecule has 14 heterocycles. The molecule has 6 fully saturated rings. The van der Waals surface area contributed by atoms with Crippen molar-refractivity contribution in [2.45, 2.75) is 98.4 Å². The summed E-state index contributed by atoms with van der Waals surface area (Å²) in [6, 6.07) is 0. The zero-order valence-electron chi connectivity index (χ0n) is 44.4. The third kappa shape index (κ3) is 11.7. The van der Waals surface area contributed by atoms with Crippen molar-refractivity contribution in [3.8, 4) is 0 Å². The molecular formula is C39H43F4N21O20P4S2. The number of nitrogens with one attached hydrogen (secondary N) is 2. The van der Waals surface area contributed by atoms with Gasteiger partial charge in [0.25, 0.3) is 11.1 Å². The van der Waals surface area contributed by atoms with E-state index in [2.05, 4.69) is 77.4 Å². The fraction of sp³-hybridized carbons (Fsp3) is 0.513. The molecule has 0 amide bonds. The molecule has 4 bridgehead atoms. The maximum atomic E-state index is 15.9. The number of hydrogen-bond donors (Lipinski definition) is 10. The van der Waals surface area contributed by atoms with Gasteiger partial charge in [-0.25, -0.2) is 66.1 Å². The van der Waals surface area contributed by atoms with E-state index >= 15 is 17.6 Å². The lowest BCUT2D eigenvalue weighted by atomic mass is 10.1. The molecule has 90 heavy (non-hydrogen) atoms. The number of rotatable bonds is 4. The fourth-order valence-electron chi connectivity index (χ4n) is 10.3. The van der Waals surface area contributed by atoms with Gasteiger partial charge in [-0.2, -0.15) is 14.6 Å². The first-order valence-electron chi connectivity index (χ1n) is 25.6. The molecule has 8 aromatic rings. The SMILES string of the molecule is Nc1nc2c(ncn2[C@@H]2O[C@@H]3COP(=O)(S)O[C@H]4[C@H](F)[C@H](n5nnc6c(N)ncnc65)O[C@@H]4COP(=O)(O)O[C@@H]2[C@H]3F)c(=O)[nH]1.Nc1nc2c(ncn2[C@@H]2O[C@@H]3COP(O)(=S)O[C@H]4[C@H](F)[C@H](n5cnc6c(N)ncnc65)O[C@@H]4COP(=O)(O)O[C@@H]2[C@@H]3F)c(=O)[nH]1. The van der Waals surface area contributed by atoms with Crippen LogP contribution in [0.25, 0.3) is 44.7 Å². The molecule has 6 aliphatic rings. The van der Waals surface area contributed by atoms with Gasteiger partial charge in [0.15, 0.2) is 100 Å². The third-order valence-corrected chi connectivity index (χ3v) is 19.5. The third-order valence-electron chi connectivity index (χ3n) is 14.3. The second kappa shape index (κ2) is 23.4. The Morgan fingerprint density at radius 3 is 1.52 bits per heavy atom. The highest BCUT2D eigenvalue weighted by Crippen LogP contribution is 2.59. The number of ether oxygens (including phenoxy) is 4. The van der Waals surface area contributed by atoms with Crippen molar-refractivity contribution in [2.24, 2.45) is 0 Å². The number of imidazole rings is 3. The molecule has 51 heteroatoms. The van der Waals surface area contributed by atoms with E-state index in [0.29, 0.717) is 0 Å². The Labute approximate surface area is 504 Å². The topological polar surface area (TPSA) is 554 Å². The molecule has 41 nitrogen and oxygen atoms in total. The van der Waals surface area contributed by atoms with E-state index in [1.165, 1.54) is 10.9 Å². The number of anilines is 4. The highest BCUT2D eigenvalue weighted by Gasteiger charge is 2.57. The maximum absolute atomic E-state index is 15.9. The van der Waals surface area contributed by atoms with Crippen molar-refractivity contribution < 1.29 is 101 Å². The maximum Gasteiger partial charge on any atom is 0.472 e. The van der Waals surface area contributed by atoms with Crippen LogP contribution in [0.3, 0.4) is 0 Å². The Bertz CT molecular complexity index is 4170. The van der Waals surface area contributed by atoms with E-state index < -0.39 is 165 Å². The fourth-order valence-corrected chi connectivity index (χ4v) is 15.1. The Balaban J connectivity index is 0.000000165. The average Bonchev–Trinajstić information content (AvgIpc) is 1.81. The molecule has 4 unspecified atom stereocenters. The van der Waals surface area contributed by atoms with E-state index in [-0.39, 0.29) is 68.2 Å². The standard InChI is InChI=1S/C20H22F2N10O10P2S.C19H21F2N11O10P2S/c21-8-6-1-38-44(36,45)42-12-7(40-18(9(12)22)31-4-27-10-14(23)25-3-26-15(10)31)2-37-43(34,35)41-13(8)19(39-6)32-5-28-11-16(32)29-20(24)30-17(11)33;20-7-5-1-38-44(36,45)42-11-6(40-17(8(11)21)32-14-9(29-30-32)13(22)24-3-25-14)2-37-43(34,35)41-12(7)18(39-5)31-4-26-10-15(31)27-19(23)28-16(10)33/h3-9,12-13,18-19H,1-2H2,(H,34,35)(H,36,45)(H2,23,25,26)(H3,24,29,30,33);3-8,11-12,17-18H,1-2H2,(H,34,35)(H,36,45)(H2,22,24,25)(H3,23,27,28,33)/t6-,7-,8-,9+,12-,13-,18-,19-,44?;5-,6-,7+,8+,11-,12-,17-,18-,44?/m11/s1. The summed E-state index contributed by atoms with van der Waals surface area (Å²) in [7, 11) is -10.4. The molecule has 0 aromatic carbocycles. The van der Waals surface area contributed by atoms with Gasteiger partial charge < -0.3 is 61.1 Å². The first kappa shape index (κ1) is 62.5. The van der Waals surface area contributed by atoms with Crippen molar-refractivity contribution in [1.82, 2.24) is 83.5 Å². The quantitative estimate of drug-likeness (QED) is 0.0613. The van der Waals surface area contributed by atoms with Crippen LogP contribution >= 0.6 is 41.4 Å². The average molecular weight is 1390 g/mol. The minimum Gasteiger partial charge on any atom is -0.382 e. The Morgan fingerprint density at radius 2 is 0.967 bits per heavy atom. The Hall–Kier alpha value is -6.26. The molecule has 0 radical (unpaired) electrons. The predicted molar refractivity (Wildman–Crippen MR) is 294 cm³/mol. The zero-order valence-corrected chi connectivity index (χ0v) is 49.7. The van der Waals surface area contributed by atoms with Gasteiger partial charge in [-0.05, 0) is 11.8 Å². The zero-order chi connectivity index (χ0) is 63.7. The van der Waals surface area contributed by atoms with Crippen molar-refractivity contribution in [3.05, 3.63) is 52.3 Å². The number of nitrogen functional groups attached to an aromatic ring is 4. The monoisotopic (exact) mass is 1390 g/mol. The number of aromatic amines is 2. The van der Waals surface area contributed by atoms with Crippen LogP contribution in [-0.4, -0.2) is 198 Å². The summed E-state index contributed by atoms with van der Waals surface area (Å²) in [6.45, 7) is -12.3. The number of halogens is 4. The van der Waals surface area contributed by atoms with Crippen molar-refractivity contribution in [2.75, 3.05) is 49.4 Å². The van der Waals surface area contributed by atoms with Crippen LogP contribution in [0.2, 0.25) is 0 Å². The first-order chi connectivity index (χ1) is 42.6. The van der Waals surface area contributed by atoms with E-state index in [0.717, 1.165) is 39.1 Å². The van der Waals surface area contributed by atoms with Gasteiger partial charge in [0.2, 0.25) is 11.9 Å². The molecule has 0 aliphatic carbocycles. The normalized spacial score (nSPS) is 37.7. The number of H-pyrrole nitrogens is 2. The van der Waals surface area contributed by atoms with E-state index in [1.807, 2.05) is 0 Å². The highest BCUT2D eigenvalue weighted by molar-refractivity contribution is 8.44. The van der Waals surface area contributed by atoms with Gasteiger partial charge >= 0.3 is 29.2 Å². The summed E-state index contributed by atoms with van der Waals surface area (Å²) in [6.07, 6.45) is -23.1. The van der Waals surface area contributed by atoms with Gasteiger partial charge in [0.05, 0.1) is 45.4 Å². The van der Waals surface area contributed by atoms with E-state index in [4.69, 9.17) is 89.9 Å². The minimum atomic E-state index is -5.21. The molecule has 6 saturated heterocycles. The van der Waals surface area contributed by atoms with E-state index in [9.17, 15) is 38.0 Å². The smallest absolute Gasteiger partial charge is 0.382 e. The lowest BCUT2D eigenvalue weighted by molar-refractivity contribution is -0.0647. The van der Waals surface area contributed by atoms with Crippen LogP contribution in [0.1, 0.15) is 24.9 Å². The number of nitrogens with zero attached hydrogens (tertiary/aromatic N) is 15. The molecule has 14 rings (SSSR count). The number of aromatic nitrogens is 17. The molecule has 20 atom stereocenters. The summed E-state index contributed by atoms with van der Waals surface area (Å²) in [4.78, 5) is 96.7. The van der Waals surface area contributed by atoms with Crippen LogP contribution in [-0.2, 0) is 80.6 Å². The molecule has 8 aromatic heterocycles. The molecule has 484 valence electrons. The lowest BCUT2D eigenvalue weighted by Crippen LogP contribution is -2.34. The second-order valence-electron chi connectivity index (χ2n) is 20.0. The largest absolute Gasteiger partial charge is 0.472 e. The lowest BCUT2D eigenvalue weighted by Gasteiger charge is -2.26. The van der Waals surface area contributed by atoms with Gasteiger partial charge in [-0.3, -0.25) is 64.9 Å². The van der Waals surface area contributed by atoms with Crippen LogP contribution in [0, 0.1) is 0 Å². The highest BCUT2D eigenvalue weighted by atomic mass is 32.7. The number of thiol groups is 1. The Morgan fingerprint density at radius 1 is 0.522 bits per heavy atom. The molecule has 0 spiro atoms. The van der Waals surface area contributed by atoms with Gasteiger partial charge in [0, 0.05) is 0 Å². The Kier molecular flexibility index (Phi) is 16.3. The van der Waals surface area contributed by atoms with Crippen molar-refractivity contribution in [3.63, 3.8) is 0 Å². The summed E-state index contributed by atoms with van der Waals surface area (Å²) in [5.41, 5.74) is 21.0. The predicted octanol–water partition coefficient (Wildman–Crippen LogP) is -0.325. The summed E-state index contributed by atoms with van der Waals surface area (Å²) in [5, 5.41) is 7.63. The minimum absolute atomic E-state index is 0.0167. The summed E-state index contributed by atoms with van der Waals surface area (Å²) >= 11 is 8.98. The second-order valence-corrected chi connectivity index (χ2v) is 28.5. The van der Waals surface area contributed by atoms with Crippen molar-refractivity contribution >= 4 is 121 Å². The number of phosphoric acid groups is 2. The molecule has 0 saturated carbocycles. The number of nitrogens with two attached hydrogens (primary N) is 4. The number of hydrogen-bond acceptors (Lipinski definition) is 33. The van der Waals surface area contributed by atoms with Crippen molar-refractivity contribution in [1.29, 1.82) is 0 Å². The van der Waals surface area contributed by atoms with Gasteiger partial charge in [0.1, 0.15) is 67.0 Å². The molecular weight excluding hydrogens is 1350 g/mol. The summed E-state index contributed by atoms with van der Waals surface area (Å²) < 4.78 is 172. The van der Waals surface area contributed by atoms with Crippen LogP contribution in [0.5, 0.6) is 0 Å². The van der Waals surface area contributed by atoms with Gasteiger partial charge in [-0.15, -0.1) is 5.10 Å². The number of fused-ring (bicyclic) bond motifs is 10. The number of phosphoric ester groups is 2. The first-order valence-corrected chi connectivity index (χ1v) is 33.9. The summed E-state index contributed by atoms with van der Waals surface area (Å²) in [5.74, 6) is -0.640. The van der Waals surface area contributed by atoms with Crippen LogP contribution < -0.4 is 34.1 Å². The van der Waals surface area contributed by atoms with Crippen LogP contribution in [0.15, 0.2) is 41.2 Å². The van der Waals surface area contributed by atoms with Crippen LogP contribution in [0.4, 0.5) is 41.1 Å². The number of alkyl halides is 4. The van der Waals surface area contributed by atoms with E-state index in [1.54, 1.807) is 0 Å². The van der Waals surface area contributed by atoms with Gasteiger partial charge in [-0.1, -0.05) is 17.5 Å².